The molecule has 0 unspecified atom stereocenters. The van der Waals surface area contributed by atoms with Crippen molar-refractivity contribution in [3.8, 4) is 0 Å². The number of carbonyl (C=O) groups is 1. The van der Waals surface area contributed by atoms with Crippen LogP contribution in [0.1, 0.15) is 40.2 Å². The minimum absolute atomic E-state index is 0.0851. The third-order valence-corrected chi connectivity index (χ3v) is 2.84. The normalized spacial score (nSPS) is 12.0. The fraction of sp³-hybridized carbons (Fsp3) is 0.529. The van der Waals surface area contributed by atoms with E-state index in [4.69, 9.17) is 0 Å². The van der Waals surface area contributed by atoms with E-state index in [9.17, 15) is 4.79 Å². The Morgan fingerprint density at radius 3 is 2.55 bits per heavy atom. The zero-order valence-electron chi connectivity index (χ0n) is 14.3. The molecule has 0 aliphatic rings. The van der Waals surface area contributed by atoms with Gasteiger partial charge in [-0.2, -0.15) is 0 Å². The molecule has 122 valence electrons. The maximum Gasteiger partial charge on any atom is 0.246 e. The first-order valence-corrected chi connectivity index (χ1v) is 7.79. The van der Waals surface area contributed by atoms with Gasteiger partial charge in [-0.3, -0.25) is 4.79 Å². The number of guanidine groups is 1. The Hall–Kier alpha value is -2.04. The lowest BCUT2D eigenvalue weighted by atomic mass is 10.1. The van der Waals surface area contributed by atoms with E-state index in [2.05, 4.69) is 48.6 Å². The van der Waals surface area contributed by atoms with Crippen LogP contribution >= 0.6 is 0 Å². The van der Waals surface area contributed by atoms with Gasteiger partial charge in [-0.05, 0) is 51.8 Å². The summed E-state index contributed by atoms with van der Waals surface area (Å²) < 4.78 is 0. The van der Waals surface area contributed by atoms with Crippen molar-refractivity contribution in [1.82, 2.24) is 10.6 Å². The highest BCUT2D eigenvalue weighted by molar-refractivity contribution is 5.94. The van der Waals surface area contributed by atoms with Gasteiger partial charge in [0.05, 0.1) is 0 Å². The topological polar surface area (TPSA) is 65.5 Å². The first-order chi connectivity index (χ1) is 10.3. The van der Waals surface area contributed by atoms with Gasteiger partial charge in [0.25, 0.3) is 0 Å². The molecule has 0 bridgehead atoms. The van der Waals surface area contributed by atoms with Crippen LogP contribution in [0.15, 0.2) is 29.3 Å². The molecule has 0 aliphatic carbocycles. The summed E-state index contributed by atoms with van der Waals surface area (Å²) in [7, 11) is 0. The molecule has 0 saturated carbocycles. The molecule has 5 nitrogen and oxygen atoms in total. The predicted octanol–water partition coefficient (Wildman–Crippen LogP) is 2.54. The molecule has 1 aromatic carbocycles. The number of benzene rings is 1. The van der Waals surface area contributed by atoms with Crippen molar-refractivity contribution >= 4 is 17.6 Å². The molecular weight excluding hydrogens is 276 g/mol. The first kappa shape index (κ1) is 18.0. The lowest BCUT2D eigenvalue weighted by Gasteiger charge is -2.23. The van der Waals surface area contributed by atoms with Crippen molar-refractivity contribution in [2.75, 3.05) is 18.4 Å². The number of nitrogens with one attached hydrogen (secondary N) is 3. The van der Waals surface area contributed by atoms with Gasteiger partial charge < -0.3 is 16.0 Å². The lowest BCUT2D eigenvalue weighted by molar-refractivity contribution is -0.114. The van der Waals surface area contributed by atoms with Crippen molar-refractivity contribution in [3.63, 3.8) is 0 Å². The van der Waals surface area contributed by atoms with Crippen LogP contribution in [0.4, 0.5) is 5.69 Å². The Balaban J connectivity index is 2.63. The number of aryl methyl sites for hydroxylation is 1. The van der Waals surface area contributed by atoms with Gasteiger partial charge in [0.15, 0.2) is 5.96 Å². The Kier molecular flexibility index (Phi) is 6.89. The van der Waals surface area contributed by atoms with Gasteiger partial charge >= 0.3 is 0 Å². The summed E-state index contributed by atoms with van der Waals surface area (Å²) in [4.78, 5) is 16.3. The maximum atomic E-state index is 12.0. The number of hydrogen-bond donors (Lipinski definition) is 3. The number of amides is 1. The Morgan fingerprint density at radius 1 is 1.23 bits per heavy atom. The summed E-state index contributed by atoms with van der Waals surface area (Å²) in [6.45, 7) is 11.1. The Labute approximate surface area is 133 Å². The third kappa shape index (κ3) is 7.11. The summed E-state index contributed by atoms with van der Waals surface area (Å²) >= 11 is 0. The second-order valence-corrected chi connectivity index (χ2v) is 6.17. The smallest absolute Gasteiger partial charge is 0.246 e. The summed E-state index contributed by atoms with van der Waals surface area (Å²) in [6, 6.07) is 7.87. The van der Waals surface area contributed by atoms with Crippen LogP contribution in [-0.2, 0) is 11.2 Å². The number of aliphatic imine (C=N–C) groups is 1. The average molecular weight is 304 g/mol. The molecule has 0 saturated heterocycles. The standard InChI is InChI=1S/C17H28N4O/c1-6-13-9-8-10-14(11-13)20-15(22)12-19-16(18-7-2)21-17(3,4)5/h8-11H,6-7,12H2,1-5H3,(H,20,22)(H2,18,19,21). The number of rotatable bonds is 5. The van der Waals surface area contributed by atoms with E-state index in [0.717, 1.165) is 18.7 Å². The molecule has 0 fully saturated rings. The zero-order chi connectivity index (χ0) is 16.6. The second-order valence-electron chi connectivity index (χ2n) is 6.17. The molecule has 0 aromatic heterocycles. The van der Waals surface area contributed by atoms with Crippen molar-refractivity contribution in [1.29, 1.82) is 0 Å². The number of nitrogens with zero attached hydrogens (tertiary/aromatic N) is 1. The second kappa shape index (κ2) is 8.41. The molecule has 0 atom stereocenters. The molecule has 1 amide bonds. The quantitative estimate of drug-likeness (QED) is 0.578. The van der Waals surface area contributed by atoms with Crippen LogP contribution in [0.2, 0.25) is 0 Å². The lowest BCUT2D eigenvalue weighted by Crippen LogP contribution is -2.47. The fourth-order valence-electron chi connectivity index (χ4n) is 1.88. The number of carbonyl (C=O) groups excluding carboxylic acids is 1. The van der Waals surface area contributed by atoms with Gasteiger partial charge in [-0.1, -0.05) is 19.1 Å². The third-order valence-electron chi connectivity index (χ3n) is 2.84. The van der Waals surface area contributed by atoms with Gasteiger partial charge in [-0.15, -0.1) is 0 Å². The van der Waals surface area contributed by atoms with E-state index >= 15 is 0 Å². The largest absolute Gasteiger partial charge is 0.357 e. The van der Waals surface area contributed by atoms with Crippen LogP contribution in [0.25, 0.3) is 0 Å². The Morgan fingerprint density at radius 2 is 1.95 bits per heavy atom. The van der Waals surface area contributed by atoms with Crippen LogP contribution in [0.3, 0.4) is 0 Å². The molecule has 0 aliphatic heterocycles. The van der Waals surface area contributed by atoms with Gasteiger partial charge in [0, 0.05) is 17.8 Å². The summed E-state index contributed by atoms with van der Waals surface area (Å²) in [5.41, 5.74) is 1.91. The molecule has 0 heterocycles. The van der Waals surface area contributed by atoms with E-state index in [1.54, 1.807) is 0 Å². The predicted molar refractivity (Wildman–Crippen MR) is 93.3 cm³/mol. The van der Waals surface area contributed by atoms with Crippen LogP contribution in [-0.4, -0.2) is 30.5 Å². The highest BCUT2D eigenvalue weighted by Gasteiger charge is 2.12. The molecule has 5 heteroatoms. The zero-order valence-corrected chi connectivity index (χ0v) is 14.3. The van der Waals surface area contributed by atoms with Crippen molar-refractivity contribution < 1.29 is 4.79 Å². The van der Waals surface area contributed by atoms with Crippen molar-refractivity contribution in [2.24, 2.45) is 4.99 Å². The highest BCUT2D eigenvalue weighted by Crippen LogP contribution is 2.10. The fourth-order valence-corrected chi connectivity index (χ4v) is 1.88. The van der Waals surface area contributed by atoms with Crippen molar-refractivity contribution in [3.05, 3.63) is 29.8 Å². The maximum absolute atomic E-state index is 12.0. The molecule has 1 rings (SSSR count). The molecule has 1 aromatic rings. The minimum atomic E-state index is -0.126. The van der Waals surface area contributed by atoms with E-state index in [0.29, 0.717) is 5.96 Å². The van der Waals surface area contributed by atoms with E-state index in [1.165, 1.54) is 5.56 Å². The van der Waals surface area contributed by atoms with Crippen LogP contribution in [0, 0.1) is 0 Å². The SMILES string of the molecule is CCNC(=NCC(=O)Nc1cccc(CC)c1)NC(C)(C)C. The van der Waals surface area contributed by atoms with E-state index < -0.39 is 0 Å². The number of hydrogen-bond acceptors (Lipinski definition) is 2. The van der Waals surface area contributed by atoms with Crippen molar-refractivity contribution in [2.45, 2.75) is 46.6 Å². The molecule has 22 heavy (non-hydrogen) atoms. The van der Waals surface area contributed by atoms with E-state index in [-0.39, 0.29) is 18.0 Å². The molecule has 0 spiro atoms. The molecule has 0 radical (unpaired) electrons. The summed E-state index contributed by atoms with van der Waals surface area (Å²) in [6.07, 6.45) is 0.946. The van der Waals surface area contributed by atoms with Gasteiger partial charge in [0.2, 0.25) is 5.91 Å². The highest BCUT2D eigenvalue weighted by atomic mass is 16.1. The van der Waals surface area contributed by atoms with Crippen LogP contribution in [0.5, 0.6) is 0 Å². The average Bonchev–Trinajstić information content (AvgIpc) is 2.44. The number of anilines is 1. The summed E-state index contributed by atoms with van der Waals surface area (Å²) in [5, 5.41) is 9.26. The molecule has 3 N–H and O–H groups in total. The van der Waals surface area contributed by atoms with Crippen LogP contribution < -0.4 is 16.0 Å². The summed E-state index contributed by atoms with van der Waals surface area (Å²) in [5.74, 6) is 0.520. The Bertz CT molecular complexity index is 518. The molecular formula is C17H28N4O. The first-order valence-electron chi connectivity index (χ1n) is 7.79. The van der Waals surface area contributed by atoms with Gasteiger partial charge in [0.1, 0.15) is 6.54 Å². The van der Waals surface area contributed by atoms with Gasteiger partial charge in [-0.25, -0.2) is 4.99 Å². The minimum Gasteiger partial charge on any atom is -0.357 e. The monoisotopic (exact) mass is 304 g/mol. The van der Waals surface area contributed by atoms with E-state index in [1.807, 2.05) is 31.2 Å².